The maximum atomic E-state index is 12.3. The highest BCUT2D eigenvalue weighted by molar-refractivity contribution is 6.32. The van der Waals surface area contributed by atoms with Gasteiger partial charge in [0.05, 0.1) is 22.7 Å². The van der Waals surface area contributed by atoms with Gasteiger partial charge in [-0.3, -0.25) is 4.79 Å². The number of halogens is 1. The maximum Gasteiger partial charge on any atom is 0.251 e. The summed E-state index contributed by atoms with van der Waals surface area (Å²) in [6.07, 6.45) is 1.47. The van der Waals surface area contributed by atoms with E-state index in [1.165, 1.54) is 0 Å². The number of hydrogen-bond acceptors (Lipinski definition) is 3. The second kappa shape index (κ2) is 10.1. The third-order valence-electron chi connectivity index (χ3n) is 5.02. The van der Waals surface area contributed by atoms with Gasteiger partial charge in [-0.15, -0.1) is 0 Å². The smallest absolute Gasteiger partial charge is 0.251 e. The Morgan fingerprint density at radius 1 is 0.968 bits per heavy atom. The summed E-state index contributed by atoms with van der Waals surface area (Å²) >= 11 is 6.16. The lowest BCUT2D eigenvalue weighted by Gasteiger charge is -2.11. The third kappa shape index (κ3) is 5.25. The quantitative estimate of drug-likeness (QED) is 0.372. The van der Waals surface area contributed by atoms with Gasteiger partial charge in [0.15, 0.2) is 0 Å². The number of imidazole rings is 1. The standard InChI is InChI=1S/C25H24ClN3O2/c26-20-11-4-7-14-23(20)31-18-8-17-29-22-13-6-5-12-21(22)28-24(29)15-16-27-25(30)19-9-2-1-3-10-19/h1-7,9-14H,8,15-18H2,(H,27,30). The number of fused-ring (bicyclic) bond motifs is 1. The van der Waals surface area contributed by atoms with Crippen LogP contribution in [0.1, 0.15) is 22.6 Å². The van der Waals surface area contributed by atoms with Crippen molar-refractivity contribution in [2.75, 3.05) is 13.2 Å². The molecule has 4 aromatic rings. The molecule has 0 aliphatic carbocycles. The number of amides is 1. The van der Waals surface area contributed by atoms with E-state index in [1.807, 2.05) is 72.8 Å². The highest BCUT2D eigenvalue weighted by atomic mass is 35.5. The molecule has 31 heavy (non-hydrogen) atoms. The maximum absolute atomic E-state index is 12.3. The minimum atomic E-state index is -0.0728. The van der Waals surface area contributed by atoms with E-state index in [1.54, 1.807) is 0 Å². The fourth-order valence-corrected chi connectivity index (χ4v) is 3.70. The van der Waals surface area contributed by atoms with Gasteiger partial charge in [-0.05, 0) is 42.8 Å². The molecule has 0 spiro atoms. The van der Waals surface area contributed by atoms with Gasteiger partial charge in [0.2, 0.25) is 0 Å². The molecule has 4 rings (SSSR count). The molecule has 0 atom stereocenters. The van der Waals surface area contributed by atoms with Crippen molar-refractivity contribution >= 4 is 28.5 Å². The number of nitrogens with zero attached hydrogens (tertiary/aromatic N) is 2. The van der Waals surface area contributed by atoms with Crippen molar-refractivity contribution in [1.29, 1.82) is 0 Å². The molecule has 3 aromatic carbocycles. The normalized spacial score (nSPS) is 10.9. The highest BCUT2D eigenvalue weighted by Crippen LogP contribution is 2.23. The molecule has 6 heteroatoms. The topological polar surface area (TPSA) is 56.2 Å². The fourth-order valence-electron chi connectivity index (χ4n) is 3.51. The van der Waals surface area contributed by atoms with E-state index in [0.717, 1.165) is 29.8 Å². The van der Waals surface area contributed by atoms with E-state index in [9.17, 15) is 4.79 Å². The Balaban J connectivity index is 1.38. The van der Waals surface area contributed by atoms with Crippen LogP contribution in [0.5, 0.6) is 5.75 Å². The molecule has 5 nitrogen and oxygen atoms in total. The van der Waals surface area contributed by atoms with Gasteiger partial charge in [0.25, 0.3) is 5.91 Å². The molecular formula is C25H24ClN3O2. The molecule has 158 valence electrons. The van der Waals surface area contributed by atoms with E-state index in [4.69, 9.17) is 21.3 Å². The van der Waals surface area contributed by atoms with E-state index in [-0.39, 0.29) is 5.91 Å². The summed E-state index contributed by atoms with van der Waals surface area (Å²) in [6.45, 7) is 1.85. The molecule has 1 aromatic heterocycles. The number of benzene rings is 3. The van der Waals surface area contributed by atoms with Crippen LogP contribution in [0.2, 0.25) is 5.02 Å². The number of carbonyl (C=O) groups is 1. The van der Waals surface area contributed by atoms with Crippen molar-refractivity contribution < 1.29 is 9.53 Å². The number of nitrogens with one attached hydrogen (secondary N) is 1. The highest BCUT2D eigenvalue weighted by Gasteiger charge is 2.11. The lowest BCUT2D eigenvalue weighted by molar-refractivity contribution is 0.0954. The number of para-hydroxylation sites is 3. The monoisotopic (exact) mass is 433 g/mol. The van der Waals surface area contributed by atoms with Gasteiger partial charge in [-0.1, -0.05) is 54.1 Å². The summed E-state index contributed by atoms with van der Waals surface area (Å²) in [4.78, 5) is 17.1. The Morgan fingerprint density at radius 3 is 2.55 bits per heavy atom. The zero-order valence-electron chi connectivity index (χ0n) is 17.1. The zero-order chi connectivity index (χ0) is 21.5. The zero-order valence-corrected chi connectivity index (χ0v) is 17.9. The van der Waals surface area contributed by atoms with E-state index in [0.29, 0.717) is 35.9 Å². The predicted octanol–water partition coefficient (Wildman–Crippen LogP) is 5.13. The summed E-state index contributed by atoms with van der Waals surface area (Å²) in [5.41, 5.74) is 2.70. The van der Waals surface area contributed by atoms with Gasteiger partial charge < -0.3 is 14.6 Å². The molecule has 0 fully saturated rings. The van der Waals surface area contributed by atoms with Crippen LogP contribution in [0, 0.1) is 0 Å². The minimum Gasteiger partial charge on any atom is -0.492 e. The van der Waals surface area contributed by atoms with E-state index < -0.39 is 0 Å². The second-order valence-corrected chi connectivity index (χ2v) is 7.58. The molecule has 0 saturated carbocycles. The Kier molecular flexibility index (Phi) is 6.85. The number of rotatable bonds is 9. The summed E-state index contributed by atoms with van der Waals surface area (Å²) < 4.78 is 8.03. The van der Waals surface area contributed by atoms with E-state index >= 15 is 0 Å². The number of carbonyl (C=O) groups excluding carboxylic acids is 1. The molecule has 1 N–H and O–H groups in total. The first-order valence-corrected chi connectivity index (χ1v) is 10.7. The molecule has 0 radical (unpaired) electrons. The van der Waals surface area contributed by atoms with Gasteiger partial charge in [0.1, 0.15) is 11.6 Å². The Morgan fingerprint density at radius 2 is 1.71 bits per heavy atom. The van der Waals surface area contributed by atoms with Crippen LogP contribution in [-0.4, -0.2) is 28.6 Å². The molecule has 0 aliphatic heterocycles. The van der Waals surface area contributed by atoms with E-state index in [2.05, 4.69) is 16.0 Å². The molecule has 0 saturated heterocycles. The fraction of sp³-hybridized carbons (Fsp3) is 0.200. The van der Waals surface area contributed by atoms with Gasteiger partial charge in [-0.2, -0.15) is 0 Å². The van der Waals surface area contributed by atoms with Crippen molar-refractivity contribution in [3.8, 4) is 5.75 Å². The molecule has 1 heterocycles. The summed E-state index contributed by atoms with van der Waals surface area (Å²) in [5, 5.41) is 3.60. The summed E-state index contributed by atoms with van der Waals surface area (Å²) in [6, 6.07) is 24.8. The molecular weight excluding hydrogens is 410 g/mol. The molecule has 0 unspecified atom stereocenters. The van der Waals surface area contributed by atoms with Crippen molar-refractivity contribution in [2.45, 2.75) is 19.4 Å². The number of aromatic nitrogens is 2. The number of aryl methyl sites for hydroxylation is 1. The van der Waals surface area contributed by atoms with Crippen molar-refractivity contribution in [3.05, 3.63) is 95.3 Å². The number of ether oxygens (including phenoxy) is 1. The van der Waals surface area contributed by atoms with Crippen LogP contribution in [0.25, 0.3) is 11.0 Å². The Labute approximate surface area is 186 Å². The van der Waals surface area contributed by atoms with Gasteiger partial charge in [0, 0.05) is 25.1 Å². The van der Waals surface area contributed by atoms with Crippen LogP contribution in [0.3, 0.4) is 0 Å². The Hall–Kier alpha value is -3.31. The van der Waals surface area contributed by atoms with Crippen molar-refractivity contribution in [3.63, 3.8) is 0 Å². The Bertz CT molecular complexity index is 1160. The van der Waals surface area contributed by atoms with Crippen LogP contribution in [0.15, 0.2) is 78.9 Å². The average molecular weight is 434 g/mol. The first kappa shape index (κ1) is 20.9. The van der Waals surface area contributed by atoms with Crippen molar-refractivity contribution in [2.24, 2.45) is 0 Å². The lowest BCUT2D eigenvalue weighted by atomic mass is 10.2. The summed E-state index contributed by atoms with van der Waals surface area (Å²) in [5.74, 6) is 1.58. The second-order valence-electron chi connectivity index (χ2n) is 7.17. The predicted molar refractivity (Wildman–Crippen MR) is 124 cm³/mol. The lowest BCUT2D eigenvalue weighted by Crippen LogP contribution is -2.26. The first-order valence-electron chi connectivity index (χ1n) is 10.4. The van der Waals surface area contributed by atoms with Crippen LogP contribution in [0.4, 0.5) is 0 Å². The molecule has 0 bridgehead atoms. The third-order valence-corrected chi connectivity index (χ3v) is 5.34. The molecule has 1 amide bonds. The van der Waals surface area contributed by atoms with Crippen molar-refractivity contribution in [1.82, 2.24) is 14.9 Å². The van der Waals surface area contributed by atoms with Crippen LogP contribution in [-0.2, 0) is 13.0 Å². The minimum absolute atomic E-state index is 0.0728. The van der Waals surface area contributed by atoms with Gasteiger partial charge in [-0.25, -0.2) is 4.98 Å². The van der Waals surface area contributed by atoms with Crippen LogP contribution < -0.4 is 10.1 Å². The largest absolute Gasteiger partial charge is 0.492 e. The SMILES string of the molecule is O=C(NCCc1nc2ccccc2n1CCCOc1ccccc1Cl)c1ccccc1. The molecule has 0 aliphatic rings. The first-order chi connectivity index (χ1) is 15.2. The number of hydrogen-bond donors (Lipinski definition) is 1. The summed E-state index contributed by atoms with van der Waals surface area (Å²) in [7, 11) is 0. The van der Waals surface area contributed by atoms with Gasteiger partial charge >= 0.3 is 0 Å². The average Bonchev–Trinajstić information content (AvgIpc) is 3.15. The van der Waals surface area contributed by atoms with Crippen LogP contribution >= 0.6 is 11.6 Å².